The van der Waals surface area contributed by atoms with Gasteiger partial charge in [0.1, 0.15) is 5.75 Å². The van der Waals surface area contributed by atoms with Gasteiger partial charge in [0, 0.05) is 5.56 Å². The number of nitrogens with zero attached hydrogens (tertiary/aromatic N) is 1. The average molecular weight is 383 g/mol. The molecule has 0 saturated heterocycles. The van der Waals surface area contributed by atoms with Gasteiger partial charge in [-0.05, 0) is 19.1 Å². The van der Waals surface area contributed by atoms with Crippen molar-refractivity contribution in [2.24, 2.45) is 5.16 Å². The Labute approximate surface area is 149 Å². The molecule has 0 amide bonds. The molecule has 0 spiro atoms. The first-order valence-electron chi connectivity index (χ1n) is 7.46. The van der Waals surface area contributed by atoms with Crippen LogP contribution >= 0.6 is 0 Å². The topological polar surface area (TPSA) is 82.0 Å². The van der Waals surface area contributed by atoms with Crippen LogP contribution in [-0.2, 0) is 19.2 Å². The van der Waals surface area contributed by atoms with E-state index >= 15 is 0 Å². The fourth-order valence-corrected chi connectivity index (χ4v) is 2.08. The van der Waals surface area contributed by atoms with Crippen LogP contribution in [0.15, 0.2) is 65.8 Å². The molecule has 0 saturated carbocycles. The number of carbonyl (C=O) groups excluding carboxylic acids is 1. The largest absolute Gasteiger partial charge is 0.422 e. The van der Waals surface area contributed by atoms with Crippen molar-refractivity contribution in [3.63, 3.8) is 0 Å². The highest BCUT2D eigenvalue weighted by Gasteiger charge is 2.48. The number of halogens is 2. The van der Waals surface area contributed by atoms with Gasteiger partial charge in [-0.25, -0.2) is 4.79 Å². The van der Waals surface area contributed by atoms with Crippen molar-refractivity contribution < 1.29 is 31.0 Å². The fourth-order valence-electron chi connectivity index (χ4n) is 1.79. The number of ether oxygens (including phenoxy) is 1. The molecule has 0 aliphatic carbocycles. The van der Waals surface area contributed by atoms with E-state index in [0.717, 1.165) is 0 Å². The van der Waals surface area contributed by atoms with Crippen LogP contribution in [0.5, 0.6) is 5.75 Å². The van der Waals surface area contributed by atoms with Crippen molar-refractivity contribution in [1.82, 2.24) is 0 Å². The number of oxime groups is 1. The Balaban J connectivity index is 2.39. The molecule has 0 heterocycles. The zero-order valence-electron chi connectivity index (χ0n) is 13.6. The molecule has 0 aliphatic rings. The Morgan fingerprint density at radius 2 is 1.58 bits per heavy atom. The first-order valence-corrected chi connectivity index (χ1v) is 9.04. The second kappa shape index (κ2) is 8.05. The molecule has 0 atom stereocenters. The molecule has 0 aliphatic heterocycles. The Morgan fingerprint density at radius 3 is 2.12 bits per heavy atom. The number of esters is 1. The van der Waals surface area contributed by atoms with E-state index in [9.17, 15) is 22.0 Å². The summed E-state index contributed by atoms with van der Waals surface area (Å²) in [6.07, 6.45) is 0. The molecule has 2 aromatic carbocycles. The summed E-state index contributed by atoms with van der Waals surface area (Å²) in [5.41, 5.74) is -1.36. The molecule has 0 N–H and O–H groups in total. The first-order chi connectivity index (χ1) is 12.3. The molecule has 2 aromatic rings. The van der Waals surface area contributed by atoms with Crippen LogP contribution in [0.2, 0.25) is 0 Å². The monoisotopic (exact) mass is 383 g/mol. The van der Waals surface area contributed by atoms with Crippen LogP contribution in [0.25, 0.3) is 0 Å². The van der Waals surface area contributed by atoms with E-state index in [-0.39, 0.29) is 11.3 Å². The summed E-state index contributed by atoms with van der Waals surface area (Å²) in [6, 6.07) is 14.2. The van der Waals surface area contributed by atoms with E-state index in [1.807, 2.05) is 0 Å². The highest BCUT2D eigenvalue weighted by atomic mass is 32.2. The lowest BCUT2D eigenvalue weighted by atomic mass is 10.0. The van der Waals surface area contributed by atoms with Gasteiger partial charge < -0.3 is 4.74 Å². The second-order valence-corrected chi connectivity index (χ2v) is 6.85. The molecule has 138 valence electrons. The first kappa shape index (κ1) is 19.5. The van der Waals surface area contributed by atoms with Gasteiger partial charge >= 0.3 is 22.0 Å². The normalized spacial score (nSPS) is 12.5. The molecule has 0 unspecified atom stereocenters. The summed E-state index contributed by atoms with van der Waals surface area (Å²) < 4.78 is 61.1. The van der Waals surface area contributed by atoms with Crippen molar-refractivity contribution in [3.05, 3.63) is 66.2 Å². The number of carbonyl (C=O) groups is 1. The minimum absolute atomic E-state index is 0.0910. The molecule has 0 radical (unpaired) electrons. The standard InChI is InChI=1S/C17H15F2NO5S/c1-2-26(22,23)25-20-15(13-9-5-3-6-10-13)17(18,19)16(21)24-14-11-7-4-8-12-14/h3-12H,2H2,1H3. The van der Waals surface area contributed by atoms with E-state index < -0.39 is 33.5 Å². The minimum Gasteiger partial charge on any atom is -0.422 e. The smallest absolute Gasteiger partial charge is 0.389 e. The minimum atomic E-state index is -4.25. The van der Waals surface area contributed by atoms with Gasteiger partial charge in [-0.3, -0.25) is 4.28 Å². The Morgan fingerprint density at radius 1 is 1.04 bits per heavy atom. The van der Waals surface area contributed by atoms with Gasteiger partial charge in [-0.1, -0.05) is 53.7 Å². The molecule has 2 rings (SSSR count). The van der Waals surface area contributed by atoms with Crippen LogP contribution in [0.1, 0.15) is 12.5 Å². The van der Waals surface area contributed by atoms with E-state index in [2.05, 4.69) is 14.2 Å². The van der Waals surface area contributed by atoms with E-state index in [1.165, 1.54) is 55.5 Å². The van der Waals surface area contributed by atoms with Crippen molar-refractivity contribution >= 4 is 21.8 Å². The Hall–Kier alpha value is -2.81. The molecule has 6 nitrogen and oxygen atoms in total. The summed E-state index contributed by atoms with van der Waals surface area (Å²) >= 11 is 0. The maximum absolute atomic E-state index is 14.7. The molecule has 9 heteroatoms. The molecular formula is C17H15F2NO5S. The maximum Gasteiger partial charge on any atom is 0.389 e. The van der Waals surface area contributed by atoms with Crippen molar-refractivity contribution in [2.45, 2.75) is 12.8 Å². The van der Waals surface area contributed by atoms with E-state index in [4.69, 9.17) is 0 Å². The number of rotatable bonds is 7. The third kappa shape index (κ3) is 4.85. The summed E-state index contributed by atoms with van der Waals surface area (Å²) in [5, 5.41) is 3.05. The van der Waals surface area contributed by atoms with Gasteiger partial charge in [0.25, 0.3) is 0 Å². The quantitative estimate of drug-likeness (QED) is 0.318. The number of alkyl halides is 2. The van der Waals surface area contributed by atoms with Gasteiger partial charge in [-0.2, -0.15) is 17.2 Å². The van der Waals surface area contributed by atoms with Crippen LogP contribution in [0.4, 0.5) is 8.78 Å². The lowest BCUT2D eigenvalue weighted by molar-refractivity contribution is -0.152. The Kier molecular flexibility index (Phi) is 6.04. The van der Waals surface area contributed by atoms with Crippen LogP contribution in [0, 0.1) is 0 Å². The third-order valence-corrected chi connectivity index (χ3v) is 4.16. The van der Waals surface area contributed by atoms with Crippen molar-refractivity contribution in [2.75, 3.05) is 5.75 Å². The lowest BCUT2D eigenvalue weighted by Crippen LogP contribution is -2.42. The SMILES string of the molecule is CCS(=O)(=O)ON=C(c1ccccc1)C(F)(F)C(=O)Oc1ccccc1. The number of para-hydroxylation sites is 1. The van der Waals surface area contributed by atoms with Crippen molar-refractivity contribution in [3.8, 4) is 5.75 Å². The second-order valence-electron chi connectivity index (χ2n) is 5.00. The predicted octanol–water partition coefficient (Wildman–Crippen LogP) is 3.00. The molecule has 0 aromatic heterocycles. The zero-order chi connectivity index (χ0) is 19.2. The van der Waals surface area contributed by atoms with E-state index in [0.29, 0.717) is 0 Å². The number of benzene rings is 2. The molecule has 26 heavy (non-hydrogen) atoms. The number of hydrogen-bond acceptors (Lipinski definition) is 6. The summed E-state index contributed by atoms with van der Waals surface area (Å²) in [4.78, 5) is 12.0. The highest BCUT2D eigenvalue weighted by molar-refractivity contribution is 7.86. The molecule has 0 fully saturated rings. The zero-order valence-corrected chi connectivity index (χ0v) is 14.4. The Bertz CT molecular complexity index is 884. The van der Waals surface area contributed by atoms with Gasteiger partial charge in [-0.15, -0.1) is 0 Å². The molecular weight excluding hydrogens is 368 g/mol. The highest BCUT2D eigenvalue weighted by Crippen LogP contribution is 2.25. The summed E-state index contributed by atoms with van der Waals surface area (Å²) in [5.74, 6) is -6.73. The van der Waals surface area contributed by atoms with Crippen molar-refractivity contribution in [1.29, 1.82) is 0 Å². The average Bonchev–Trinajstić information content (AvgIpc) is 2.63. The van der Waals surface area contributed by atoms with Crippen LogP contribution < -0.4 is 4.74 Å². The maximum atomic E-state index is 14.7. The van der Waals surface area contributed by atoms with E-state index in [1.54, 1.807) is 12.1 Å². The third-order valence-electron chi connectivity index (χ3n) is 3.15. The van der Waals surface area contributed by atoms with Gasteiger partial charge in [0.15, 0.2) is 5.71 Å². The van der Waals surface area contributed by atoms with Gasteiger partial charge in [0.05, 0.1) is 5.75 Å². The molecule has 0 bridgehead atoms. The predicted molar refractivity (Wildman–Crippen MR) is 90.5 cm³/mol. The van der Waals surface area contributed by atoms with Gasteiger partial charge in [0.2, 0.25) is 0 Å². The summed E-state index contributed by atoms with van der Waals surface area (Å²) in [6.45, 7) is 1.26. The fraction of sp³-hybridized carbons (Fsp3) is 0.176. The number of hydrogen-bond donors (Lipinski definition) is 0. The summed E-state index contributed by atoms with van der Waals surface area (Å²) in [7, 11) is -4.14. The van der Waals surface area contributed by atoms with Crippen LogP contribution in [-0.4, -0.2) is 31.8 Å². The lowest BCUT2D eigenvalue weighted by Gasteiger charge is -2.17. The van der Waals surface area contributed by atoms with Crippen LogP contribution in [0.3, 0.4) is 0 Å².